The molecule has 0 aliphatic carbocycles. The lowest BCUT2D eigenvalue weighted by molar-refractivity contribution is 0.276. The van der Waals surface area contributed by atoms with Gasteiger partial charge < -0.3 is 9.64 Å². The molecular weight excluding hydrogens is 266 g/mol. The second kappa shape index (κ2) is 7.98. The summed E-state index contributed by atoms with van der Waals surface area (Å²) in [6.45, 7) is 1.80. The Morgan fingerprint density at radius 3 is 2.40 bits per heavy atom. The SMILES string of the molecule is CN(C)CCCOc1ccccc1Sc1ccccc1. The molecule has 2 aromatic carbocycles. The molecule has 0 aliphatic heterocycles. The van der Waals surface area contributed by atoms with Gasteiger partial charge in [0.2, 0.25) is 0 Å². The van der Waals surface area contributed by atoms with Gasteiger partial charge in [-0.25, -0.2) is 0 Å². The molecular formula is C17H21NOS. The summed E-state index contributed by atoms with van der Waals surface area (Å²) < 4.78 is 5.91. The van der Waals surface area contributed by atoms with Crippen molar-refractivity contribution in [2.45, 2.75) is 16.2 Å². The number of hydrogen-bond donors (Lipinski definition) is 0. The van der Waals surface area contributed by atoms with Gasteiger partial charge in [-0.2, -0.15) is 0 Å². The average molecular weight is 287 g/mol. The Balaban J connectivity index is 1.96. The monoisotopic (exact) mass is 287 g/mol. The third-order valence-electron chi connectivity index (χ3n) is 2.83. The molecule has 0 saturated carbocycles. The molecule has 0 heterocycles. The summed E-state index contributed by atoms with van der Waals surface area (Å²) in [6.07, 6.45) is 1.04. The summed E-state index contributed by atoms with van der Waals surface area (Å²) in [6, 6.07) is 18.6. The van der Waals surface area contributed by atoms with Gasteiger partial charge in [-0.1, -0.05) is 42.1 Å². The Bertz CT molecular complexity index is 513. The summed E-state index contributed by atoms with van der Waals surface area (Å²) in [5.74, 6) is 0.972. The standard InChI is InChI=1S/C17H21NOS/c1-18(2)13-8-14-19-16-11-6-7-12-17(16)20-15-9-4-3-5-10-15/h3-7,9-12H,8,13-14H2,1-2H3. The predicted molar refractivity (Wildman–Crippen MR) is 85.7 cm³/mol. The Morgan fingerprint density at radius 2 is 1.65 bits per heavy atom. The van der Waals surface area contributed by atoms with Crippen LogP contribution in [0.3, 0.4) is 0 Å². The van der Waals surface area contributed by atoms with E-state index in [0.717, 1.165) is 25.3 Å². The number of hydrogen-bond acceptors (Lipinski definition) is 3. The molecule has 2 aromatic rings. The molecule has 2 nitrogen and oxygen atoms in total. The fourth-order valence-electron chi connectivity index (χ4n) is 1.83. The lowest BCUT2D eigenvalue weighted by Gasteiger charge is -2.13. The molecule has 0 amide bonds. The van der Waals surface area contributed by atoms with E-state index in [2.05, 4.69) is 55.4 Å². The molecule has 0 aromatic heterocycles. The quantitative estimate of drug-likeness (QED) is 0.709. The number of ether oxygens (including phenoxy) is 1. The molecule has 106 valence electrons. The highest BCUT2D eigenvalue weighted by Crippen LogP contribution is 2.34. The molecule has 0 atom stereocenters. The summed E-state index contributed by atoms with van der Waals surface area (Å²) in [5.41, 5.74) is 0. The number of rotatable bonds is 7. The van der Waals surface area contributed by atoms with Crippen molar-refractivity contribution in [3.63, 3.8) is 0 Å². The molecule has 0 bridgehead atoms. The first-order valence-electron chi connectivity index (χ1n) is 6.85. The van der Waals surface area contributed by atoms with Crippen LogP contribution in [0.5, 0.6) is 5.75 Å². The van der Waals surface area contributed by atoms with E-state index in [9.17, 15) is 0 Å². The highest BCUT2D eigenvalue weighted by molar-refractivity contribution is 7.99. The van der Waals surface area contributed by atoms with Gasteiger partial charge in [-0.3, -0.25) is 0 Å². The minimum absolute atomic E-state index is 0.755. The van der Waals surface area contributed by atoms with E-state index in [1.54, 1.807) is 11.8 Å². The lowest BCUT2D eigenvalue weighted by Crippen LogP contribution is -2.15. The zero-order chi connectivity index (χ0) is 14.2. The fraction of sp³-hybridized carbons (Fsp3) is 0.294. The predicted octanol–water partition coefficient (Wildman–Crippen LogP) is 4.17. The van der Waals surface area contributed by atoms with Gasteiger partial charge in [0, 0.05) is 11.4 Å². The van der Waals surface area contributed by atoms with Crippen molar-refractivity contribution in [3.8, 4) is 5.75 Å². The van der Waals surface area contributed by atoms with Gasteiger partial charge in [0.1, 0.15) is 5.75 Å². The Morgan fingerprint density at radius 1 is 0.950 bits per heavy atom. The van der Waals surface area contributed by atoms with Crippen LogP contribution in [0.2, 0.25) is 0 Å². The number of nitrogens with zero attached hydrogens (tertiary/aromatic N) is 1. The lowest BCUT2D eigenvalue weighted by atomic mass is 10.3. The number of benzene rings is 2. The maximum Gasteiger partial charge on any atom is 0.133 e. The van der Waals surface area contributed by atoms with Crippen molar-refractivity contribution < 1.29 is 4.74 Å². The van der Waals surface area contributed by atoms with Gasteiger partial charge in [-0.15, -0.1) is 0 Å². The van der Waals surface area contributed by atoms with Crippen molar-refractivity contribution in [2.24, 2.45) is 0 Å². The smallest absolute Gasteiger partial charge is 0.133 e. The summed E-state index contributed by atoms with van der Waals surface area (Å²) in [7, 11) is 4.17. The van der Waals surface area contributed by atoms with Gasteiger partial charge in [0.15, 0.2) is 0 Å². The first-order chi connectivity index (χ1) is 9.75. The van der Waals surface area contributed by atoms with Gasteiger partial charge in [-0.05, 0) is 44.8 Å². The van der Waals surface area contributed by atoms with Crippen LogP contribution in [0.15, 0.2) is 64.4 Å². The molecule has 0 radical (unpaired) electrons. The van der Waals surface area contributed by atoms with E-state index in [1.807, 2.05) is 18.2 Å². The largest absolute Gasteiger partial charge is 0.492 e. The minimum atomic E-state index is 0.755. The second-order valence-corrected chi connectivity index (χ2v) is 5.98. The Kier molecular flexibility index (Phi) is 5.96. The van der Waals surface area contributed by atoms with E-state index in [0.29, 0.717) is 0 Å². The molecule has 3 heteroatoms. The minimum Gasteiger partial charge on any atom is -0.492 e. The highest BCUT2D eigenvalue weighted by atomic mass is 32.2. The maximum atomic E-state index is 5.91. The summed E-state index contributed by atoms with van der Waals surface area (Å²) in [5, 5.41) is 0. The van der Waals surface area contributed by atoms with Gasteiger partial charge >= 0.3 is 0 Å². The second-order valence-electron chi connectivity index (χ2n) is 4.87. The highest BCUT2D eigenvalue weighted by Gasteiger charge is 2.04. The van der Waals surface area contributed by atoms with Crippen LogP contribution in [0, 0.1) is 0 Å². The van der Waals surface area contributed by atoms with Crippen LogP contribution >= 0.6 is 11.8 Å². The van der Waals surface area contributed by atoms with Gasteiger partial charge in [0.05, 0.1) is 11.5 Å². The molecule has 0 unspecified atom stereocenters. The molecule has 0 saturated heterocycles. The van der Waals surface area contributed by atoms with Crippen LogP contribution in [0.25, 0.3) is 0 Å². The van der Waals surface area contributed by atoms with E-state index in [1.165, 1.54) is 9.79 Å². The molecule has 0 N–H and O–H groups in total. The van der Waals surface area contributed by atoms with Crippen LogP contribution < -0.4 is 4.74 Å². The Labute approximate surface area is 125 Å². The Hall–Kier alpha value is -1.45. The third-order valence-corrected chi connectivity index (χ3v) is 3.89. The van der Waals surface area contributed by atoms with Crippen LogP contribution in [-0.2, 0) is 0 Å². The zero-order valence-electron chi connectivity index (χ0n) is 12.1. The first kappa shape index (κ1) is 14.9. The first-order valence-corrected chi connectivity index (χ1v) is 7.67. The van der Waals surface area contributed by atoms with Crippen LogP contribution in [0.4, 0.5) is 0 Å². The topological polar surface area (TPSA) is 12.5 Å². The van der Waals surface area contributed by atoms with Crippen molar-refractivity contribution in [1.82, 2.24) is 4.90 Å². The molecule has 0 spiro atoms. The van der Waals surface area contributed by atoms with Crippen molar-refractivity contribution in [3.05, 3.63) is 54.6 Å². The van der Waals surface area contributed by atoms with E-state index < -0.39 is 0 Å². The van der Waals surface area contributed by atoms with E-state index in [4.69, 9.17) is 4.74 Å². The average Bonchev–Trinajstić information content (AvgIpc) is 2.46. The van der Waals surface area contributed by atoms with Crippen LogP contribution in [-0.4, -0.2) is 32.1 Å². The molecule has 20 heavy (non-hydrogen) atoms. The summed E-state index contributed by atoms with van der Waals surface area (Å²) >= 11 is 1.74. The third kappa shape index (κ3) is 4.91. The molecule has 0 fully saturated rings. The van der Waals surface area contributed by atoms with E-state index >= 15 is 0 Å². The van der Waals surface area contributed by atoms with Crippen molar-refractivity contribution in [2.75, 3.05) is 27.2 Å². The number of para-hydroxylation sites is 1. The van der Waals surface area contributed by atoms with E-state index in [-0.39, 0.29) is 0 Å². The van der Waals surface area contributed by atoms with Crippen molar-refractivity contribution in [1.29, 1.82) is 0 Å². The normalized spacial score (nSPS) is 10.8. The van der Waals surface area contributed by atoms with Crippen molar-refractivity contribution >= 4 is 11.8 Å². The summed E-state index contributed by atoms with van der Waals surface area (Å²) in [4.78, 5) is 4.58. The fourth-order valence-corrected chi connectivity index (χ4v) is 2.75. The maximum absolute atomic E-state index is 5.91. The zero-order valence-corrected chi connectivity index (χ0v) is 12.9. The van der Waals surface area contributed by atoms with Crippen LogP contribution in [0.1, 0.15) is 6.42 Å². The molecule has 2 rings (SSSR count). The van der Waals surface area contributed by atoms with Gasteiger partial charge in [0.25, 0.3) is 0 Å². The molecule has 0 aliphatic rings.